The van der Waals surface area contributed by atoms with Crippen LogP contribution >= 0.6 is 34.5 Å². The maximum absolute atomic E-state index is 13.3. The number of amides is 2. The summed E-state index contributed by atoms with van der Waals surface area (Å²) in [5, 5.41) is 8.89. The molecule has 0 radical (unpaired) electrons. The minimum atomic E-state index is -0.550. The van der Waals surface area contributed by atoms with Gasteiger partial charge in [0.2, 0.25) is 5.91 Å². The molecule has 0 unspecified atom stereocenters. The van der Waals surface area contributed by atoms with Crippen molar-refractivity contribution >= 4 is 68.7 Å². The van der Waals surface area contributed by atoms with E-state index in [0.717, 1.165) is 16.9 Å². The number of carbonyl (C=O) groups excluding carboxylic acids is 2. The molecule has 2 aromatic carbocycles. The Bertz CT molecular complexity index is 1080. The van der Waals surface area contributed by atoms with Gasteiger partial charge in [0.1, 0.15) is 10.7 Å². The van der Waals surface area contributed by atoms with Crippen LogP contribution in [0.2, 0.25) is 10.0 Å². The topological polar surface area (TPSA) is 83.1 Å². The molecule has 0 aliphatic carbocycles. The number of anilines is 4. The van der Waals surface area contributed by atoms with E-state index in [9.17, 15) is 14.0 Å². The van der Waals surface area contributed by atoms with Gasteiger partial charge in [-0.05, 0) is 36.8 Å². The fourth-order valence-electron chi connectivity index (χ4n) is 2.44. The molecule has 1 heterocycles. The Labute approximate surface area is 180 Å². The number of hydrogen-bond donors (Lipinski definition) is 3. The van der Waals surface area contributed by atoms with Crippen LogP contribution in [-0.2, 0) is 4.79 Å². The first-order chi connectivity index (χ1) is 13.7. The molecule has 0 aliphatic heterocycles. The molecule has 6 nitrogen and oxygen atoms in total. The Kier molecular flexibility index (Phi) is 6.36. The van der Waals surface area contributed by atoms with Crippen LogP contribution < -0.4 is 16.0 Å². The van der Waals surface area contributed by atoms with E-state index in [4.69, 9.17) is 23.2 Å². The maximum Gasteiger partial charge on any atom is 0.269 e. The van der Waals surface area contributed by atoms with Crippen LogP contribution in [0.1, 0.15) is 22.2 Å². The Morgan fingerprint density at radius 2 is 1.86 bits per heavy atom. The molecule has 0 saturated heterocycles. The van der Waals surface area contributed by atoms with E-state index in [-0.39, 0.29) is 21.6 Å². The SMILES string of the molecule is CC(=O)Nc1nc(Nc2ccc(F)c(Cl)c2)sc1C(=O)Nc1c(C)cccc1Cl. The van der Waals surface area contributed by atoms with Crippen molar-refractivity contribution in [3.05, 3.63) is 62.7 Å². The van der Waals surface area contributed by atoms with Crippen LogP contribution in [0, 0.1) is 12.7 Å². The van der Waals surface area contributed by atoms with Crippen molar-refractivity contribution in [1.29, 1.82) is 0 Å². The average molecular weight is 453 g/mol. The van der Waals surface area contributed by atoms with Gasteiger partial charge in [0.05, 0.1) is 15.7 Å². The number of aryl methyl sites for hydroxylation is 1. The molecule has 2 amide bonds. The van der Waals surface area contributed by atoms with Crippen molar-refractivity contribution in [3.8, 4) is 0 Å². The van der Waals surface area contributed by atoms with E-state index in [1.54, 1.807) is 12.1 Å². The first-order valence-electron chi connectivity index (χ1n) is 8.31. The van der Waals surface area contributed by atoms with Gasteiger partial charge in [0.25, 0.3) is 5.91 Å². The fourth-order valence-corrected chi connectivity index (χ4v) is 3.72. The third kappa shape index (κ3) is 5.03. The summed E-state index contributed by atoms with van der Waals surface area (Å²) in [6.45, 7) is 3.13. The second-order valence-corrected chi connectivity index (χ2v) is 7.83. The molecule has 3 rings (SSSR count). The highest BCUT2D eigenvalue weighted by Gasteiger charge is 2.21. The van der Waals surface area contributed by atoms with Crippen molar-refractivity contribution < 1.29 is 14.0 Å². The summed E-state index contributed by atoms with van der Waals surface area (Å²) in [6.07, 6.45) is 0. The third-order valence-electron chi connectivity index (χ3n) is 3.76. The number of para-hydroxylation sites is 1. The van der Waals surface area contributed by atoms with Crippen molar-refractivity contribution in [2.75, 3.05) is 16.0 Å². The average Bonchev–Trinajstić information content (AvgIpc) is 3.03. The zero-order chi connectivity index (χ0) is 21.1. The van der Waals surface area contributed by atoms with E-state index < -0.39 is 11.7 Å². The molecule has 150 valence electrons. The van der Waals surface area contributed by atoms with Crippen molar-refractivity contribution in [2.24, 2.45) is 0 Å². The molecule has 0 fully saturated rings. The van der Waals surface area contributed by atoms with Crippen LogP contribution in [0.4, 0.5) is 26.7 Å². The largest absolute Gasteiger partial charge is 0.331 e. The van der Waals surface area contributed by atoms with Gasteiger partial charge in [-0.15, -0.1) is 0 Å². The Morgan fingerprint density at radius 1 is 1.10 bits per heavy atom. The molecule has 1 aromatic heterocycles. The molecule has 3 N–H and O–H groups in total. The van der Waals surface area contributed by atoms with Crippen molar-refractivity contribution in [2.45, 2.75) is 13.8 Å². The van der Waals surface area contributed by atoms with E-state index in [0.29, 0.717) is 21.5 Å². The lowest BCUT2D eigenvalue weighted by Gasteiger charge is -2.10. The lowest BCUT2D eigenvalue weighted by atomic mass is 10.2. The van der Waals surface area contributed by atoms with Crippen molar-refractivity contribution in [3.63, 3.8) is 0 Å². The van der Waals surface area contributed by atoms with Gasteiger partial charge in [0.15, 0.2) is 10.9 Å². The van der Waals surface area contributed by atoms with Gasteiger partial charge in [-0.2, -0.15) is 0 Å². The van der Waals surface area contributed by atoms with E-state index in [1.165, 1.54) is 25.1 Å². The molecule has 10 heteroatoms. The smallest absolute Gasteiger partial charge is 0.269 e. The highest BCUT2D eigenvalue weighted by atomic mass is 35.5. The number of carbonyl (C=O) groups is 2. The number of thiazole rings is 1. The number of aromatic nitrogens is 1. The van der Waals surface area contributed by atoms with Crippen LogP contribution in [0.25, 0.3) is 0 Å². The van der Waals surface area contributed by atoms with Gasteiger partial charge in [-0.25, -0.2) is 9.37 Å². The monoisotopic (exact) mass is 452 g/mol. The predicted octanol–water partition coefficient (Wildman–Crippen LogP) is 5.85. The molecular weight excluding hydrogens is 438 g/mol. The Balaban J connectivity index is 1.91. The summed E-state index contributed by atoms with van der Waals surface area (Å²) < 4.78 is 13.3. The third-order valence-corrected chi connectivity index (χ3v) is 5.33. The summed E-state index contributed by atoms with van der Waals surface area (Å²) in [5.74, 6) is -1.31. The zero-order valence-electron chi connectivity index (χ0n) is 15.3. The molecular formula is C19H15Cl2FN4O2S. The van der Waals surface area contributed by atoms with Crippen molar-refractivity contribution in [1.82, 2.24) is 4.98 Å². The molecule has 0 bridgehead atoms. The fraction of sp³-hybridized carbons (Fsp3) is 0.105. The van der Waals surface area contributed by atoms with Gasteiger partial charge < -0.3 is 16.0 Å². The number of benzene rings is 2. The predicted molar refractivity (Wildman–Crippen MR) is 115 cm³/mol. The molecule has 3 aromatic rings. The second-order valence-electron chi connectivity index (χ2n) is 6.02. The van der Waals surface area contributed by atoms with Gasteiger partial charge >= 0.3 is 0 Å². The minimum Gasteiger partial charge on any atom is -0.331 e. The highest BCUT2D eigenvalue weighted by molar-refractivity contribution is 7.18. The van der Waals surface area contributed by atoms with E-state index in [2.05, 4.69) is 20.9 Å². The lowest BCUT2D eigenvalue weighted by molar-refractivity contribution is -0.114. The molecule has 0 spiro atoms. The standard InChI is InChI=1S/C19H15Cl2FN4O2S/c1-9-4-3-5-12(20)15(9)25-18(28)16-17(23-10(2)27)26-19(29-16)24-11-6-7-14(22)13(21)8-11/h3-8H,1-2H3,(H,23,27)(H,24,26)(H,25,28). The Morgan fingerprint density at radius 3 is 2.52 bits per heavy atom. The number of rotatable bonds is 5. The summed E-state index contributed by atoms with van der Waals surface area (Å²) in [6, 6.07) is 9.33. The normalized spacial score (nSPS) is 10.5. The number of halogens is 3. The van der Waals surface area contributed by atoms with Gasteiger partial charge in [0, 0.05) is 12.6 Å². The van der Waals surface area contributed by atoms with Crippen LogP contribution in [0.5, 0.6) is 0 Å². The Hall–Kier alpha value is -2.68. The van der Waals surface area contributed by atoms with Gasteiger partial charge in [-0.1, -0.05) is 46.7 Å². The first-order valence-corrected chi connectivity index (χ1v) is 9.89. The van der Waals surface area contributed by atoms with E-state index in [1.807, 2.05) is 13.0 Å². The molecule has 0 atom stereocenters. The second kappa shape index (κ2) is 8.77. The maximum atomic E-state index is 13.3. The summed E-state index contributed by atoms with van der Waals surface area (Å²) in [5.41, 5.74) is 1.74. The zero-order valence-corrected chi connectivity index (χ0v) is 17.6. The highest BCUT2D eigenvalue weighted by Crippen LogP contribution is 2.33. The summed E-state index contributed by atoms with van der Waals surface area (Å²) >= 11 is 13.0. The lowest BCUT2D eigenvalue weighted by Crippen LogP contribution is -2.15. The van der Waals surface area contributed by atoms with Gasteiger partial charge in [-0.3, -0.25) is 9.59 Å². The minimum absolute atomic E-state index is 0.0548. The number of hydrogen-bond acceptors (Lipinski definition) is 5. The summed E-state index contributed by atoms with van der Waals surface area (Å²) in [7, 11) is 0. The molecule has 0 aliphatic rings. The molecule has 0 saturated carbocycles. The van der Waals surface area contributed by atoms with Crippen LogP contribution in [0.3, 0.4) is 0 Å². The number of nitrogens with zero attached hydrogens (tertiary/aromatic N) is 1. The molecule has 29 heavy (non-hydrogen) atoms. The summed E-state index contributed by atoms with van der Waals surface area (Å²) in [4.78, 5) is 28.8. The van der Waals surface area contributed by atoms with E-state index >= 15 is 0 Å². The number of nitrogens with one attached hydrogen (secondary N) is 3. The first kappa shape index (κ1) is 21.0. The van der Waals surface area contributed by atoms with Crippen LogP contribution in [0.15, 0.2) is 36.4 Å². The van der Waals surface area contributed by atoms with Crippen LogP contribution in [-0.4, -0.2) is 16.8 Å². The quantitative estimate of drug-likeness (QED) is 0.453.